The highest BCUT2D eigenvalue weighted by atomic mass is 32.2. The Kier molecular flexibility index (Phi) is 9.03. The fourth-order valence-corrected chi connectivity index (χ4v) is 3.26. The van der Waals surface area contributed by atoms with Crippen LogP contribution in [0.15, 0.2) is 6.07 Å². The molecule has 0 bridgehead atoms. The molecule has 116 valence electrons. The topological polar surface area (TPSA) is 29.9 Å². The predicted octanol–water partition coefficient (Wildman–Crippen LogP) is 3.52. The first-order valence-corrected chi connectivity index (χ1v) is 9.27. The second-order valence-corrected chi connectivity index (χ2v) is 6.38. The van der Waals surface area contributed by atoms with Crippen LogP contribution in [0.2, 0.25) is 0 Å². The molecule has 1 N–H and O–H groups in total. The van der Waals surface area contributed by atoms with Crippen LogP contribution >= 0.6 is 11.8 Å². The lowest BCUT2D eigenvalue weighted by Gasteiger charge is -2.18. The van der Waals surface area contributed by atoms with Crippen LogP contribution in [0, 0.1) is 0 Å². The van der Waals surface area contributed by atoms with Gasteiger partial charge in [0, 0.05) is 30.5 Å². The van der Waals surface area contributed by atoms with Gasteiger partial charge in [0.25, 0.3) is 0 Å². The summed E-state index contributed by atoms with van der Waals surface area (Å²) in [7, 11) is 0. The van der Waals surface area contributed by atoms with Gasteiger partial charge < -0.3 is 5.32 Å². The summed E-state index contributed by atoms with van der Waals surface area (Å²) < 4.78 is 2.17. The maximum Gasteiger partial charge on any atom is 0.0624 e. The van der Waals surface area contributed by atoms with E-state index in [4.69, 9.17) is 0 Å². The third-order valence-electron chi connectivity index (χ3n) is 3.38. The molecule has 1 rings (SSSR count). The van der Waals surface area contributed by atoms with Gasteiger partial charge in [0.2, 0.25) is 0 Å². The molecule has 0 fully saturated rings. The van der Waals surface area contributed by atoms with Crippen molar-refractivity contribution in [2.45, 2.75) is 66.0 Å². The van der Waals surface area contributed by atoms with Crippen molar-refractivity contribution in [1.29, 1.82) is 0 Å². The van der Waals surface area contributed by atoms with Gasteiger partial charge in [-0.25, -0.2) is 0 Å². The Balaban J connectivity index is 2.63. The van der Waals surface area contributed by atoms with Crippen LogP contribution in [-0.4, -0.2) is 33.9 Å². The highest BCUT2D eigenvalue weighted by molar-refractivity contribution is 7.99. The molecule has 0 aliphatic carbocycles. The number of thioether (sulfide) groups is 1. The molecule has 0 aliphatic heterocycles. The van der Waals surface area contributed by atoms with E-state index in [1.165, 1.54) is 35.7 Å². The summed E-state index contributed by atoms with van der Waals surface area (Å²) in [5.41, 5.74) is 2.60. The van der Waals surface area contributed by atoms with Crippen LogP contribution in [0.4, 0.5) is 0 Å². The highest BCUT2D eigenvalue weighted by Crippen LogP contribution is 2.12. The van der Waals surface area contributed by atoms with Crippen molar-refractivity contribution in [3.8, 4) is 0 Å². The van der Waals surface area contributed by atoms with E-state index in [1.54, 1.807) is 0 Å². The quantitative estimate of drug-likeness (QED) is 0.634. The molecule has 0 aliphatic rings. The number of hydrogen-bond donors (Lipinski definition) is 1. The van der Waals surface area contributed by atoms with Gasteiger partial charge in [0.1, 0.15) is 0 Å². The van der Waals surface area contributed by atoms with Crippen molar-refractivity contribution >= 4 is 11.8 Å². The predicted molar refractivity (Wildman–Crippen MR) is 90.7 cm³/mol. The molecule has 1 aromatic heterocycles. The largest absolute Gasteiger partial charge is 0.313 e. The number of aromatic nitrogens is 2. The third-order valence-corrected chi connectivity index (χ3v) is 4.72. The SMILES string of the molecule is CCCNC(CSCCC)Cc1cc(CC)nn1CC. The summed E-state index contributed by atoms with van der Waals surface area (Å²) in [6.45, 7) is 10.9. The van der Waals surface area contributed by atoms with Crippen LogP contribution in [0.3, 0.4) is 0 Å². The number of aryl methyl sites for hydroxylation is 2. The molecule has 0 spiro atoms. The Morgan fingerprint density at radius 3 is 2.65 bits per heavy atom. The van der Waals surface area contributed by atoms with Crippen LogP contribution in [0.1, 0.15) is 51.9 Å². The molecule has 3 nitrogen and oxygen atoms in total. The Bertz CT molecular complexity index is 363. The van der Waals surface area contributed by atoms with Crippen LogP contribution in [0.5, 0.6) is 0 Å². The third kappa shape index (κ3) is 5.88. The summed E-state index contributed by atoms with van der Waals surface area (Å²) in [5, 5.41) is 8.35. The zero-order chi connectivity index (χ0) is 14.8. The fraction of sp³-hybridized carbons (Fsp3) is 0.812. The van der Waals surface area contributed by atoms with E-state index in [-0.39, 0.29) is 0 Å². The van der Waals surface area contributed by atoms with E-state index in [2.05, 4.69) is 60.6 Å². The smallest absolute Gasteiger partial charge is 0.0624 e. The molecule has 1 aromatic rings. The Morgan fingerprint density at radius 2 is 2.05 bits per heavy atom. The summed E-state index contributed by atoms with van der Waals surface area (Å²) in [6, 6.07) is 2.85. The van der Waals surface area contributed by atoms with Gasteiger partial charge in [-0.3, -0.25) is 4.68 Å². The zero-order valence-corrected chi connectivity index (χ0v) is 14.4. The van der Waals surface area contributed by atoms with Gasteiger partial charge >= 0.3 is 0 Å². The van der Waals surface area contributed by atoms with Gasteiger partial charge in [0.15, 0.2) is 0 Å². The van der Waals surface area contributed by atoms with Gasteiger partial charge in [-0.05, 0) is 44.6 Å². The molecule has 20 heavy (non-hydrogen) atoms. The van der Waals surface area contributed by atoms with Crippen LogP contribution < -0.4 is 5.32 Å². The lowest BCUT2D eigenvalue weighted by molar-refractivity contribution is 0.519. The average molecular weight is 298 g/mol. The molecule has 0 radical (unpaired) electrons. The lowest BCUT2D eigenvalue weighted by atomic mass is 10.1. The van der Waals surface area contributed by atoms with Crippen molar-refractivity contribution in [3.63, 3.8) is 0 Å². The highest BCUT2D eigenvalue weighted by Gasteiger charge is 2.13. The monoisotopic (exact) mass is 297 g/mol. The van der Waals surface area contributed by atoms with Crippen molar-refractivity contribution in [2.24, 2.45) is 0 Å². The zero-order valence-electron chi connectivity index (χ0n) is 13.6. The number of rotatable bonds is 11. The first kappa shape index (κ1) is 17.6. The molecular formula is C16H31N3S. The summed E-state index contributed by atoms with van der Waals surface area (Å²) in [6.07, 6.45) is 4.58. The summed E-state index contributed by atoms with van der Waals surface area (Å²) >= 11 is 2.06. The number of nitrogens with one attached hydrogen (secondary N) is 1. The number of hydrogen-bond acceptors (Lipinski definition) is 3. The molecule has 1 heterocycles. The number of nitrogens with zero attached hydrogens (tertiary/aromatic N) is 2. The Morgan fingerprint density at radius 1 is 1.25 bits per heavy atom. The minimum Gasteiger partial charge on any atom is -0.313 e. The van der Waals surface area contributed by atoms with E-state index in [0.717, 1.165) is 25.9 Å². The maximum absolute atomic E-state index is 4.66. The van der Waals surface area contributed by atoms with Gasteiger partial charge in [0.05, 0.1) is 5.69 Å². The molecule has 0 saturated heterocycles. The molecule has 4 heteroatoms. The summed E-state index contributed by atoms with van der Waals surface area (Å²) in [4.78, 5) is 0. The van der Waals surface area contributed by atoms with Crippen molar-refractivity contribution in [1.82, 2.24) is 15.1 Å². The molecule has 1 unspecified atom stereocenters. The summed E-state index contributed by atoms with van der Waals surface area (Å²) in [5.74, 6) is 2.46. The van der Waals surface area contributed by atoms with E-state index in [0.29, 0.717) is 6.04 Å². The normalized spacial score (nSPS) is 12.8. The molecule has 0 aromatic carbocycles. The standard InChI is InChI=1S/C16H31N3S/c1-5-9-17-15(13-20-10-6-2)12-16-11-14(7-3)18-19(16)8-4/h11,15,17H,5-10,12-13H2,1-4H3. The van der Waals surface area contributed by atoms with Crippen LogP contribution in [-0.2, 0) is 19.4 Å². The molecule has 1 atom stereocenters. The van der Waals surface area contributed by atoms with E-state index >= 15 is 0 Å². The first-order chi connectivity index (χ1) is 9.74. The molecular weight excluding hydrogens is 266 g/mol. The van der Waals surface area contributed by atoms with E-state index in [9.17, 15) is 0 Å². The van der Waals surface area contributed by atoms with E-state index in [1.807, 2.05) is 0 Å². The second-order valence-electron chi connectivity index (χ2n) is 5.23. The fourth-order valence-electron chi connectivity index (χ4n) is 2.29. The van der Waals surface area contributed by atoms with Crippen molar-refractivity contribution in [2.75, 3.05) is 18.1 Å². The van der Waals surface area contributed by atoms with Gasteiger partial charge in [-0.1, -0.05) is 20.8 Å². The average Bonchev–Trinajstić information content (AvgIpc) is 2.87. The van der Waals surface area contributed by atoms with Gasteiger partial charge in [-0.2, -0.15) is 16.9 Å². The van der Waals surface area contributed by atoms with Crippen LogP contribution in [0.25, 0.3) is 0 Å². The van der Waals surface area contributed by atoms with Gasteiger partial charge in [-0.15, -0.1) is 0 Å². The maximum atomic E-state index is 4.66. The van der Waals surface area contributed by atoms with E-state index < -0.39 is 0 Å². The van der Waals surface area contributed by atoms with Crippen molar-refractivity contribution in [3.05, 3.63) is 17.5 Å². The molecule has 0 amide bonds. The lowest BCUT2D eigenvalue weighted by Crippen LogP contribution is -2.34. The molecule has 0 saturated carbocycles. The Hall–Kier alpha value is -0.480. The Labute approximate surface area is 128 Å². The van der Waals surface area contributed by atoms with Crippen molar-refractivity contribution < 1.29 is 0 Å². The first-order valence-electron chi connectivity index (χ1n) is 8.11. The minimum absolute atomic E-state index is 0.568. The second kappa shape index (κ2) is 10.3. The minimum atomic E-state index is 0.568.